The smallest absolute Gasteiger partial charge is 0.147 e. The fraction of sp³-hybridized carbons (Fsp3) is 0.700. The summed E-state index contributed by atoms with van der Waals surface area (Å²) in [6.07, 6.45) is 3.00. The average Bonchev–Trinajstić information content (AvgIpc) is 2.51. The van der Waals surface area contributed by atoms with E-state index in [9.17, 15) is 5.11 Å². The van der Waals surface area contributed by atoms with E-state index in [0.29, 0.717) is 12.2 Å². The van der Waals surface area contributed by atoms with E-state index in [-0.39, 0.29) is 6.10 Å². The largest absolute Gasteiger partial charge is 0.394 e. The van der Waals surface area contributed by atoms with Gasteiger partial charge in [0.05, 0.1) is 24.5 Å². The highest BCUT2D eigenvalue weighted by Crippen LogP contribution is 2.17. The number of aliphatic hydroxyl groups excluding tert-OH is 1. The van der Waals surface area contributed by atoms with Gasteiger partial charge in [-0.05, 0) is 13.3 Å². The molecule has 4 N–H and O–H groups in total. The minimum absolute atomic E-state index is 0.355. The Labute approximate surface area is 90.3 Å². The van der Waals surface area contributed by atoms with Gasteiger partial charge in [0.2, 0.25) is 0 Å². The van der Waals surface area contributed by atoms with Gasteiger partial charge in [-0.25, -0.2) is 4.68 Å². The predicted octanol–water partition coefficient (Wildman–Crippen LogP) is 1.06. The van der Waals surface area contributed by atoms with E-state index in [1.54, 1.807) is 10.9 Å². The molecule has 0 saturated heterocycles. The molecule has 5 nitrogen and oxygen atoms in total. The third-order valence-corrected chi connectivity index (χ3v) is 2.22. The lowest BCUT2D eigenvalue weighted by Gasteiger charge is -2.13. The van der Waals surface area contributed by atoms with E-state index in [4.69, 9.17) is 5.73 Å². The lowest BCUT2D eigenvalue weighted by Crippen LogP contribution is -2.18. The van der Waals surface area contributed by atoms with Crippen LogP contribution in [0.1, 0.15) is 26.7 Å². The molecule has 5 heteroatoms. The summed E-state index contributed by atoms with van der Waals surface area (Å²) in [4.78, 5) is 0. The molecule has 1 atom stereocenters. The molecule has 0 fully saturated rings. The molecule has 0 aliphatic rings. The molecule has 0 spiro atoms. The molecule has 0 bridgehead atoms. The van der Waals surface area contributed by atoms with Gasteiger partial charge in [-0.2, -0.15) is 5.10 Å². The summed E-state index contributed by atoms with van der Waals surface area (Å²) in [7, 11) is 0. The van der Waals surface area contributed by atoms with Gasteiger partial charge in [0, 0.05) is 6.54 Å². The number of nitrogens with zero attached hydrogens (tertiary/aromatic N) is 2. The molecule has 0 amide bonds. The summed E-state index contributed by atoms with van der Waals surface area (Å²) >= 11 is 0. The topological polar surface area (TPSA) is 76.1 Å². The molecule has 0 aliphatic carbocycles. The Kier molecular flexibility index (Phi) is 4.42. The first-order chi connectivity index (χ1) is 7.19. The highest BCUT2D eigenvalue weighted by molar-refractivity contribution is 5.60. The number of hydrogen-bond donors (Lipinski definition) is 3. The molecule has 0 aromatic carbocycles. The van der Waals surface area contributed by atoms with E-state index >= 15 is 0 Å². The molecule has 1 unspecified atom stereocenters. The second-order valence-corrected chi connectivity index (χ2v) is 3.60. The summed E-state index contributed by atoms with van der Waals surface area (Å²) < 4.78 is 1.72. The number of hydrogen-bond acceptors (Lipinski definition) is 4. The zero-order valence-corrected chi connectivity index (χ0v) is 9.40. The van der Waals surface area contributed by atoms with Crippen LogP contribution in [0.15, 0.2) is 6.20 Å². The zero-order chi connectivity index (χ0) is 11.3. The number of aromatic nitrogens is 2. The zero-order valence-electron chi connectivity index (χ0n) is 9.40. The van der Waals surface area contributed by atoms with Gasteiger partial charge in [-0.3, -0.25) is 0 Å². The van der Waals surface area contributed by atoms with Crippen LogP contribution >= 0.6 is 0 Å². The van der Waals surface area contributed by atoms with Gasteiger partial charge in [-0.1, -0.05) is 13.3 Å². The van der Waals surface area contributed by atoms with E-state index in [1.807, 2.05) is 13.8 Å². The van der Waals surface area contributed by atoms with E-state index in [0.717, 1.165) is 25.2 Å². The number of nitrogen functional groups attached to an aromatic ring is 1. The maximum Gasteiger partial charge on any atom is 0.147 e. The van der Waals surface area contributed by atoms with Crippen LogP contribution in [0.5, 0.6) is 0 Å². The van der Waals surface area contributed by atoms with Crippen LogP contribution in [0.25, 0.3) is 0 Å². The first-order valence-electron chi connectivity index (χ1n) is 5.42. The molecule has 86 valence electrons. The van der Waals surface area contributed by atoms with Crippen molar-refractivity contribution in [2.24, 2.45) is 0 Å². The summed E-state index contributed by atoms with van der Waals surface area (Å²) in [5.74, 6) is 0.799. The van der Waals surface area contributed by atoms with Gasteiger partial charge in [0.1, 0.15) is 5.82 Å². The van der Waals surface area contributed by atoms with Crippen molar-refractivity contribution in [2.45, 2.75) is 39.3 Å². The van der Waals surface area contributed by atoms with Crippen molar-refractivity contribution >= 4 is 11.5 Å². The molecular formula is C10H20N4O. The monoisotopic (exact) mass is 212 g/mol. The third kappa shape index (κ3) is 3.13. The van der Waals surface area contributed by atoms with Gasteiger partial charge in [-0.15, -0.1) is 0 Å². The summed E-state index contributed by atoms with van der Waals surface area (Å²) in [6.45, 7) is 5.33. The Morgan fingerprint density at radius 2 is 2.33 bits per heavy atom. The molecular weight excluding hydrogens is 192 g/mol. The first kappa shape index (κ1) is 11.8. The second kappa shape index (κ2) is 5.60. The number of aliphatic hydroxyl groups is 1. The highest BCUT2D eigenvalue weighted by atomic mass is 16.3. The van der Waals surface area contributed by atoms with Crippen LogP contribution in [0.2, 0.25) is 0 Å². The molecule has 0 radical (unpaired) electrons. The van der Waals surface area contributed by atoms with Crippen LogP contribution < -0.4 is 11.1 Å². The Hall–Kier alpha value is -1.23. The lowest BCUT2D eigenvalue weighted by molar-refractivity contribution is 0.139. The average molecular weight is 212 g/mol. The predicted molar refractivity (Wildman–Crippen MR) is 61.7 cm³/mol. The molecule has 1 aromatic rings. The Bertz CT molecular complexity index is 298. The molecule has 0 aliphatic heterocycles. The third-order valence-electron chi connectivity index (χ3n) is 2.22. The van der Waals surface area contributed by atoms with Crippen molar-refractivity contribution in [1.29, 1.82) is 0 Å². The van der Waals surface area contributed by atoms with E-state index in [1.165, 1.54) is 0 Å². The number of rotatable bonds is 6. The molecule has 1 aromatic heterocycles. The van der Waals surface area contributed by atoms with E-state index in [2.05, 4.69) is 10.4 Å². The normalized spacial score (nSPS) is 12.7. The minimum Gasteiger partial charge on any atom is -0.394 e. The summed E-state index contributed by atoms with van der Waals surface area (Å²) in [6, 6.07) is 0. The van der Waals surface area contributed by atoms with E-state index < -0.39 is 0 Å². The maximum atomic E-state index is 9.68. The van der Waals surface area contributed by atoms with Crippen LogP contribution in [0.3, 0.4) is 0 Å². The van der Waals surface area contributed by atoms with Crippen LogP contribution in [-0.2, 0) is 6.54 Å². The Balaban J connectivity index is 2.67. The minimum atomic E-state index is -0.355. The van der Waals surface area contributed by atoms with Gasteiger partial charge in [0.25, 0.3) is 0 Å². The summed E-state index contributed by atoms with van der Waals surface area (Å²) in [5, 5.41) is 16.9. The standard InChI is InChI=1S/C10H20N4O/c1-3-5-8(15)7-14-10(12-4-2)9(11)6-13-14/h6,8,12,15H,3-5,7,11H2,1-2H3. The highest BCUT2D eigenvalue weighted by Gasteiger charge is 2.10. The van der Waals surface area contributed by atoms with Crippen molar-refractivity contribution in [1.82, 2.24) is 9.78 Å². The van der Waals surface area contributed by atoms with Gasteiger partial charge < -0.3 is 16.2 Å². The van der Waals surface area contributed by atoms with Gasteiger partial charge in [0.15, 0.2) is 0 Å². The fourth-order valence-electron chi connectivity index (χ4n) is 1.52. The quantitative estimate of drug-likeness (QED) is 0.659. The number of nitrogens with one attached hydrogen (secondary N) is 1. The van der Waals surface area contributed by atoms with Crippen LogP contribution in [0.4, 0.5) is 11.5 Å². The first-order valence-corrected chi connectivity index (χ1v) is 5.42. The number of anilines is 2. The van der Waals surface area contributed by atoms with Crippen molar-refractivity contribution in [3.63, 3.8) is 0 Å². The molecule has 1 heterocycles. The second-order valence-electron chi connectivity index (χ2n) is 3.60. The lowest BCUT2D eigenvalue weighted by atomic mass is 10.2. The Morgan fingerprint density at radius 3 is 2.93 bits per heavy atom. The van der Waals surface area contributed by atoms with Crippen molar-refractivity contribution in [3.05, 3.63) is 6.20 Å². The molecule has 0 saturated carbocycles. The Morgan fingerprint density at radius 1 is 1.60 bits per heavy atom. The molecule has 15 heavy (non-hydrogen) atoms. The molecule has 1 rings (SSSR count). The fourth-order valence-corrected chi connectivity index (χ4v) is 1.52. The van der Waals surface area contributed by atoms with Crippen molar-refractivity contribution < 1.29 is 5.11 Å². The van der Waals surface area contributed by atoms with Crippen LogP contribution in [0, 0.1) is 0 Å². The van der Waals surface area contributed by atoms with Crippen molar-refractivity contribution in [3.8, 4) is 0 Å². The summed E-state index contributed by atoms with van der Waals surface area (Å²) in [5.41, 5.74) is 6.38. The van der Waals surface area contributed by atoms with Gasteiger partial charge >= 0.3 is 0 Å². The number of nitrogens with two attached hydrogens (primary N) is 1. The van der Waals surface area contributed by atoms with Crippen LogP contribution in [-0.4, -0.2) is 27.5 Å². The SMILES string of the molecule is CCCC(O)Cn1ncc(N)c1NCC. The maximum absolute atomic E-state index is 9.68. The van der Waals surface area contributed by atoms with Crippen molar-refractivity contribution in [2.75, 3.05) is 17.6 Å².